The fraction of sp³-hybridized carbons (Fsp3) is 0. The number of fused-ring (bicyclic) bond motifs is 3. The highest BCUT2D eigenvalue weighted by atomic mass is 28.3. The van der Waals surface area contributed by atoms with Crippen molar-refractivity contribution < 1.29 is 0 Å². The fourth-order valence-corrected chi connectivity index (χ4v) is 13.0. The van der Waals surface area contributed by atoms with Gasteiger partial charge in [-0.1, -0.05) is 194 Å². The summed E-state index contributed by atoms with van der Waals surface area (Å²) in [7, 11) is -2.73. The highest BCUT2D eigenvalue weighted by Gasteiger charge is 2.41. The van der Waals surface area contributed by atoms with E-state index in [2.05, 4.69) is 162 Å². The molecule has 264 valence electrons. The summed E-state index contributed by atoms with van der Waals surface area (Å²) in [6.07, 6.45) is 0. The highest BCUT2D eigenvalue weighted by molar-refractivity contribution is 7.20. The lowest BCUT2D eigenvalue weighted by atomic mass is 10.1. The average Bonchev–Trinajstić information content (AvgIpc) is 3.62. The first-order chi connectivity index (χ1) is 27.8. The smallest absolute Gasteiger partial charge is 0.179 e. The molecule has 5 heteroatoms. The van der Waals surface area contributed by atoms with Crippen LogP contribution in [0.3, 0.4) is 0 Å². The van der Waals surface area contributed by atoms with Gasteiger partial charge >= 0.3 is 0 Å². The molecule has 0 amide bonds. The van der Waals surface area contributed by atoms with E-state index in [0.29, 0.717) is 17.5 Å². The third-order valence-corrected chi connectivity index (χ3v) is 15.6. The van der Waals surface area contributed by atoms with Crippen molar-refractivity contribution in [2.45, 2.75) is 0 Å². The Hall–Kier alpha value is -7.21. The monoisotopic (exact) mass is 732 g/mol. The van der Waals surface area contributed by atoms with Crippen LogP contribution >= 0.6 is 0 Å². The van der Waals surface area contributed by atoms with Crippen LogP contribution in [0.2, 0.25) is 0 Å². The Morgan fingerprint density at radius 1 is 0.304 bits per heavy atom. The Balaban J connectivity index is 1.18. The van der Waals surface area contributed by atoms with Crippen molar-refractivity contribution >= 4 is 50.6 Å². The second-order valence-electron chi connectivity index (χ2n) is 14.0. The summed E-state index contributed by atoms with van der Waals surface area (Å²) < 4.78 is 2.38. The van der Waals surface area contributed by atoms with Crippen LogP contribution in [0.5, 0.6) is 0 Å². The average molecular weight is 733 g/mol. The molecular weight excluding hydrogens is 697 g/mol. The maximum Gasteiger partial charge on any atom is 0.179 e. The highest BCUT2D eigenvalue weighted by Crippen LogP contribution is 2.34. The molecule has 0 radical (unpaired) electrons. The molecule has 0 N–H and O–H groups in total. The number of para-hydroxylation sites is 1. The van der Waals surface area contributed by atoms with E-state index >= 15 is 0 Å². The Morgan fingerprint density at radius 2 is 0.732 bits per heavy atom. The van der Waals surface area contributed by atoms with Crippen molar-refractivity contribution in [2.24, 2.45) is 0 Å². The van der Waals surface area contributed by atoms with Gasteiger partial charge in [0.05, 0.1) is 11.0 Å². The quantitative estimate of drug-likeness (QED) is 0.116. The Morgan fingerprint density at radius 3 is 1.27 bits per heavy atom. The number of aromatic nitrogens is 4. The lowest BCUT2D eigenvalue weighted by Gasteiger charge is -2.34. The number of hydrogen-bond donors (Lipinski definition) is 0. The standard InChI is InChI=1S/C51H36N4Si/c1-6-19-37(20-7-1)49-52-50(38-21-8-2-9-22-38)54-51(53-49)39-23-18-24-40(35-39)55-47-32-17-16-31-45(47)46-36-44(33-34-48(46)55)56(41-25-10-3-11-26-41,42-27-12-4-13-28-42)43-29-14-5-15-30-43/h1-36H. The Kier molecular flexibility index (Phi) is 8.47. The molecular formula is C51H36N4Si. The fourth-order valence-electron chi connectivity index (χ4n) is 8.27. The van der Waals surface area contributed by atoms with Gasteiger partial charge in [0, 0.05) is 33.2 Å². The summed E-state index contributed by atoms with van der Waals surface area (Å²) in [4.78, 5) is 15.0. The third-order valence-electron chi connectivity index (χ3n) is 10.8. The van der Waals surface area contributed by atoms with E-state index in [9.17, 15) is 0 Å². The third kappa shape index (κ3) is 5.73. The minimum absolute atomic E-state index is 0.631. The van der Waals surface area contributed by atoms with Gasteiger partial charge in [-0.2, -0.15) is 0 Å². The summed E-state index contributed by atoms with van der Waals surface area (Å²) in [6.45, 7) is 0. The van der Waals surface area contributed by atoms with E-state index in [1.165, 1.54) is 31.5 Å². The zero-order valence-corrected chi connectivity index (χ0v) is 31.6. The molecule has 0 atom stereocenters. The van der Waals surface area contributed by atoms with Crippen LogP contribution in [0.4, 0.5) is 0 Å². The van der Waals surface area contributed by atoms with Gasteiger partial charge in [0.1, 0.15) is 0 Å². The molecule has 0 aliphatic rings. The predicted octanol–water partition coefficient (Wildman–Crippen LogP) is 9.35. The Labute approximate surface area is 327 Å². The summed E-state index contributed by atoms with van der Waals surface area (Å²) >= 11 is 0. The van der Waals surface area contributed by atoms with Crippen LogP contribution in [0.25, 0.3) is 61.7 Å². The maximum atomic E-state index is 5.04. The van der Waals surface area contributed by atoms with Gasteiger partial charge < -0.3 is 4.57 Å². The maximum absolute atomic E-state index is 5.04. The first kappa shape index (κ1) is 33.4. The summed E-state index contributed by atoms with van der Waals surface area (Å²) in [5, 5.41) is 7.85. The van der Waals surface area contributed by atoms with E-state index in [-0.39, 0.29) is 0 Å². The predicted molar refractivity (Wildman–Crippen MR) is 234 cm³/mol. The van der Waals surface area contributed by atoms with Crippen molar-refractivity contribution in [2.75, 3.05) is 0 Å². The van der Waals surface area contributed by atoms with E-state index in [1.54, 1.807) is 0 Å². The second-order valence-corrected chi connectivity index (χ2v) is 17.8. The van der Waals surface area contributed by atoms with Crippen molar-refractivity contribution in [3.8, 4) is 39.9 Å². The molecule has 2 heterocycles. The lowest BCUT2D eigenvalue weighted by Crippen LogP contribution is -2.74. The normalized spacial score (nSPS) is 11.6. The van der Waals surface area contributed by atoms with Gasteiger partial charge in [0.25, 0.3) is 0 Å². The van der Waals surface area contributed by atoms with Crippen LogP contribution in [0, 0.1) is 0 Å². The van der Waals surface area contributed by atoms with E-state index < -0.39 is 8.07 Å². The summed E-state index contributed by atoms with van der Waals surface area (Å²) in [5.74, 6) is 1.92. The topological polar surface area (TPSA) is 43.6 Å². The number of rotatable bonds is 8. The van der Waals surface area contributed by atoms with Gasteiger partial charge in [-0.3, -0.25) is 0 Å². The molecule has 10 aromatic rings. The molecule has 0 saturated heterocycles. The molecule has 0 saturated carbocycles. The zero-order chi connectivity index (χ0) is 37.3. The summed E-state index contributed by atoms with van der Waals surface area (Å²) in [6, 6.07) is 78.1. The van der Waals surface area contributed by atoms with Gasteiger partial charge in [-0.25, -0.2) is 15.0 Å². The summed E-state index contributed by atoms with van der Waals surface area (Å²) in [5.41, 5.74) is 6.16. The van der Waals surface area contributed by atoms with Crippen molar-refractivity contribution in [3.63, 3.8) is 0 Å². The minimum atomic E-state index is -2.73. The molecule has 0 bridgehead atoms. The Bertz CT molecular complexity index is 2790. The molecule has 0 aliphatic carbocycles. The first-order valence-corrected chi connectivity index (χ1v) is 21.0. The van der Waals surface area contributed by atoms with Crippen molar-refractivity contribution in [1.82, 2.24) is 19.5 Å². The van der Waals surface area contributed by atoms with Crippen molar-refractivity contribution in [3.05, 3.63) is 218 Å². The molecule has 10 rings (SSSR count). The van der Waals surface area contributed by atoms with E-state index in [4.69, 9.17) is 15.0 Å². The van der Waals surface area contributed by atoms with Gasteiger partial charge in [0.15, 0.2) is 25.5 Å². The van der Waals surface area contributed by atoms with Gasteiger partial charge in [0.2, 0.25) is 0 Å². The minimum Gasteiger partial charge on any atom is -0.309 e. The van der Waals surface area contributed by atoms with Crippen molar-refractivity contribution in [1.29, 1.82) is 0 Å². The second kappa shape index (κ2) is 14.2. The molecule has 2 aromatic heterocycles. The zero-order valence-electron chi connectivity index (χ0n) is 30.6. The first-order valence-electron chi connectivity index (χ1n) is 19.0. The van der Waals surface area contributed by atoms with Gasteiger partial charge in [-0.15, -0.1) is 0 Å². The van der Waals surface area contributed by atoms with E-state index in [0.717, 1.165) is 33.4 Å². The van der Waals surface area contributed by atoms with Crippen LogP contribution in [0.15, 0.2) is 218 Å². The van der Waals surface area contributed by atoms with Crippen LogP contribution in [0.1, 0.15) is 0 Å². The van der Waals surface area contributed by atoms with E-state index in [1.807, 2.05) is 60.7 Å². The number of benzene rings is 8. The van der Waals surface area contributed by atoms with Crippen LogP contribution < -0.4 is 20.7 Å². The molecule has 0 aliphatic heterocycles. The molecule has 0 fully saturated rings. The van der Waals surface area contributed by atoms with Crippen LogP contribution in [-0.4, -0.2) is 27.6 Å². The molecule has 56 heavy (non-hydrogen) atoms. The lowest BCUT2D eigenvalue weighted by molar-refractivity contribution is 1.07. The molecule has 8 aromatic carbocycles. The SMILES string of the molecule is c1ccc(-c2nc(-c3ccccc3)nc(-c3cccc(-n4c5ccccc5c5cc([Si](c6ccccc6)(c6ccccc6)c6ccccc6)ccc54)c3)n2)cc1. The van der Waals surface area contributed by atoms with Crippen LogP contribution in [-0.2, 0) is 0 Å². The molecule has 0 spiro atoms. The molecule has 4 nitrogen and oxygen atoms in total. The van der Waals surface area contributed by atoms with Gasteiger partial charge in [-0.05, 0) is 45.0 Å². The number of hydrogen-bond acceptors (Lipinski definition) is 3. The molecule has 0 unspecified atom stereocenters. The number of nitrogens with zero attached hydrogens (tertiary/aromatic N) is 4. The largest absolute Gasteiger partial charge is 0.309 e.